The Hall–Kier alpha value is -7.67. The summed E-state index contributed by atoms with van der Waals surface area (Å²) in [5.74, 6) is 1.61. The number of aliphatic hydroxyl groups excluding tert-OH is 1. The van der Waals surface area contributed by atoms with Crippen molar-refractivity contribution in [1.29, 1.82) is 0 Å². The lowest BCUT2D eigenvalue weighted by Crippen LogP contribution is -2.53. The van der Waals surface area contributed by atoms with Gasteiger partial charge in [0.1, 0.15) is 54.1 Å². The number of nitro benzene ring substituents is 2. The number of fused-ring (bicyclic) bond motifs is 2. The number of Topliss-reactive ketones (excluding diaryl/α,β-unsaturated/α-hetero) is 1. The Kier molecular flexibility index (Phi) is 22.5. The van der Waals surface area contributed by atoms with Crippen LogP contribution in [-0.4, -0.2) is 146 Å². The number of piperidine rings is 2. The number of hydrogen-bond donors (Lipinski definition) is 5. The smallest absolute Gasteiger partial charge is 0.294 e. The van der Waals surface area contributed by atoms with E-state index in [0.717, 1.165) is 45.9 Å². The molecular weight excluding hydrogens is 1340 g/mol. The van der Waals surface area contributed by atoms with Gasteiger partial charge in [-0.05, 0) is 171 Å². The van der Waals surface area contributed by atoms with E-state index in [9.17, 15) is 34.2 Å². The number of nitrogens with zero attached hydrogens (tertiary/aromatic N) is 13. The van der Waals surface area contributed by atoms with Gasteiger partial charge in [0.2, 0.25) is 11.9 Å². The summed E-state index contributed by atoms with van der Waals surface area (Å²) in [5.41, 5.74) is 6.23. The lowest BCUT2D eigenvalue weighted by Gasteiger charge is -2.54. The molecule has 2 aliphatic carbocycles. The van der Waals surface area contributed by atoms with Gasteiger partial charge in [-0.25, -0.2) is 9.97 Å². The number of anilines is 10. The van der Waals surface area contributed by atoms with Crippen molar-refractivity contribution in [3.8, 4) is 0 Å². The zero-order valence-electron chi connectivity index (χ0n) is 52.3. The first-order valence-electron chi connectivity index (χ1n) is 29.8. The zero-order valence-corrected chi connectivity index (χ0v) is 57.2. The average Bonchev–Trinajstić information content (AvgIpc) is 0.786. The molecule has 2 aliphatic heterocycles. The van der Waals surface area contributed by atoms with E-state index < -0.39 is 14.3 Å². The molecule has 2 saturated heterocycles. The number of nitro groups is 2. The highest BCUT2D eigenvalue weighted by atomic mass is 79.9. The average molecular weight is 1420 g/mol. The molecule has 0 amide bonds. The minimum absolute atomic E-state index is 0. The van der Waals surface area contributed by atoms with Gasteiger partial charge in [-0.1, -0.05) is 27.7 Å². The van der Waals surface area contributed by atoms with Crippen LogP contribution >= 0.6 is 46.1 Å². The molecule has 8 aromatic rings. The highest BCUT2D eigenvalue weighted by molar-refractivity contribution is 9.11. The normalized spacial score (nSPS) is 15.7. The Morgan fingerprint density at radius 3 is 1.35 bits per heavy atom. The minimum atomic E-state index is -2.78. The maximum atomic E-state index is 13.3. The molecule has 12 rings (SSSR count). The molecule has 2 spiro atoms. The van der Waals surface area contributed by atoms with Crippen molar-refractivity contribution in [2.24, 2.45) is 10.8 Å². The van der Waals surface area contributed by atoms with Crippen LogP contribution in [0, 0.1) is 31.1 Å². The molecule has 0 atom stereocenters. The molecule has 2 saturated carbocycles. The third-order valence-electron chi connectivity index (χ3n) is 16.7. The molecule has 5 N–H and O–H groups in total. The molecule has 4 aromatic heterocycles. The second-order valence-electron chi connectivity index (χ2n) is 24.3. The fraction of sp³-hybridized carbons (Fsp3) is 0.413. The Bertz CT molecular complexity index is 4100. The van der Waals surface area contributed by atoms with Crippen molar-refractivity contribution in [3.63, 3.8) is 0 Å². The molecule has 25 nitrogen and oxygen atoms in total. The van der Waals surface area contributed by atoms with Crippen LogP contribution in [0.3, 0.4) is 0 Å². The van der Waals surface area contributed by atoms with Crippen LogP contribution in [0.5, 0.6) is 0 Å². The van der Waals surface area contributed by atoms with Crippen molar-refractivity contribution in [2.45, 2.75) is 85.1 Å². The maximum Gasteiger partial charge on any atom is 0.294 e. The van der Waals surface area contributed by atoms with E-state index in [-0.39, 0.29) is 46.0 Å². The van der Waals surface area contributed by atoms with Crippen LogP contribution < -0.4 is 41.7 Å². The molecule has 0 radical (unpaired) electrons. The van der Waals surface area contributed by atoms with E-state index >= 15 is 0 Å². The Labute approximate surface area is 552 Å². The third-order valence-corrected chi connectivity index (χ3v) is 20.9. The summed E-state index contributed by atoms with van der Waals surface area (Å²) in [7, 11) is -0.288. The van der Waals surface area contributed by atoms with Crippen LogP contribution in [0.4, 0.5) is 69.0 Å². The molecule has 4 aromatic carbocycles. The SMILES string of the molecule is C.CCC.CN(C)C1CC2(CCN(c3ccc(Nc4ncc(Br)c(Nc5ccc6nccnc6c5P(C)(C)=O)n4)cc3[N+](=O)[O-])CC2)C1.CO.CP(C)(=O)c1c(Nc2nc(Nc3ccc(N4CCC5(CC4)CC(=O)C5)c([N+](=O)[O-])c3)ncc2Br)ccc2nccnc12. The van der Waals surface area contributed by atoms with Crippen LogP contribution in [0.25, 0.3) is 22.1 Å². The number of carbonyl (C=O) groups is 1. The number of aromatic nitrogens is 8. The maximum absolute atomic E-state index is 13.3. The van der Waals surface area contributed by atoms with Gasteiger partial charge >= 0.3 is 0 Å². The molecular formula is C63H79Br2N17O8P2. The summed E-state index contributed by atoms with van der Waals surface area (Å²) in [6.07, 6.45) is 18.2. The predicted molar refractivity (Wildman–Crippen MR) is 376 cm³/mol. The van der Waals surface area contributed by atoms with Gasteiger partial charge in [0.15, 0.2) is 0 Å². The summed E-state index contributed by atoms with van der Waals surface area (Å²) in [5, 5.41) is 45.1. The first kappa shape index (κ1) is 70.2. The molecule has 92 heavy (non-hydrogen) atoms. The molecule has 4 aliphatic rings. The van der Waals surface area contributed by atoms with Crippen molar-refractivity contribution in [2.75, 3.05) is 105 Å². The molecule has 6 heterocycles. The lowest BCUT2D eigenvalue weighted by atomic mass is 9.60. The number of rotatable bonds is 15. The molecule has 0 unspecified atom stereocenters. The Morgan fingerprint density at radius 2 is 0.989 bits per heavy atom. The fourth-order valence-corrected chi connectivity index (χ4v) is 15.6. The first-order valence-corrected chi connectivity index (χ1v) is 36.6. The van der Waals surface area contributed by atoms with E-state index in [1.807, 2.05) is 29.2 Å². The summed E-state index contributed by atoms with van der Waals surface area (Å²) < 4.78 is 27.8. The van der Waals surface area contributed by atoms with Crippen LogP contribution in [0.2, 0.25) is 0 Å². The van der Waals surface area contributed by atoms with Crippen molar-refractivity contribution >= 4 is 154 Å². The molecule has 0 bridgehead atoms. The number of nitrogens with one attached hydrogen (secondary N) is 4. The van der Waals surface area contributed by atoms with Crippen LogP contribution in [0.15, 0.2) is 107 Å². The number of benzene rings is 4. The molecule has 4 fully saturated rings. The highest BCUT2D eigenvalue weighted by Crippen LogP contribution is 2.52. The summed E-state index contributed by atoms with van der Waals surface area (Å²) in [6, 6.07) is 18.0. The van der Waals surface area contributed by atoms with E-state index in [0.29, 0.717) is 131 Å². The minimum Gasteiger partial charge on any atom is -0.400 e. The number of halogens is 2. The Balaban J connectivity index is 0.000000219. The van der Waals surface area contributed by atoms with E-state index in [1.165, 1.54) is 31.4 Å². The van der Waals surface area contributed by atoms with Gasteiger partial charge < -0.3 is 50.2 Å². The lowest BCUT2D eigenvalue weighted by molar-refractivity contribution is -0.384. The van der Waals surface area contributed by atoms with Crippen molar-refractivity contribution in [3.05, 3.63) is 127 Å². The zero-order chi connectivity index (χ0) is 65.6. The van der Waals surface area contributed by atoms with Crippen LogP contribution in [-0.2, 0) is 13.9 Å². The standard InChI is InChI=1S/C30H35BrN9O3P.C28H28BrN8O4P.C3H8.CH4O.CH4/c1-38(2)20-16-30(17-20)9-13-39(14-10-30)24-8-5-19(15-25(24)40(41)42)35-29-34-18-21(31)28(37-29)36-23-7-6-22-26(33-12-11-32-22)27(23)44(3,4)43;1-42(2,41)25-21(5-4-20-24(25)31-10-9-30-20)34-26-19(29)16-32-27(35-26)33-17-3-6-22(23(13-17)37(39)40)36-11-7-28(8-12-36)14-18(38)15-28;1-3-2;1-2;/h5-8,11-12,15,18,20H,9-10,13-14,16-17H2,1-4H3,(H2,34,35,36,37);3-6,9-10,13,16H,7-8,11-12,14-15H2,1-2H3,(H2,32,33,34,35);3H2,1-2H3;2H,1H3;1H4. The second-order valence-corrected chi connectivity index (χ2v) is 32.3. The summed E-state index contributed by atoms with van der Waals surface area (Å²) >= 11 is 6.98. The quantitative estimate of drug-likeness (QED) is 0.0362. The van der Waals surface area contributed by atoms with Crippen LogP contribution in [0.1, 0.15) is 79.1 Å². The number of hydrogen-bond acceptors (Lipinski definition) is 23. The van der Waals surface area contributed by atoms with Crippen molar-refractivity contribution in [1.82, 2.24) is 44.8 Å². The molecule has 488 valence electrons. The van der Waals surface area contributed by atoms with E-state index in [4.69, 9.17) is 5.11 Å². The third kappa shape index (κ3) is 16.0. The number of ketones is 1. The van der Waals surface area contributed by atoms with Gasteiger partial charge in [0, 0.05) is 113 Å². The van der Waals surface area contributed by atoms with Crippen molar-refractivity contribution < 1.29 is 28.9 Å². The monoisotopic (exact) mass is 1420 g/mol. The predicted octanol–water partition coefficient (Wildman–Crippen LogP) is 13.6. The Morgan fingerprint density at radius 1 is 0.609 bits per heavy atom. The van der Waals surface area contributed by atoms with Gasteiger partial charge in [0.05, 0.1) is 51.8 Å². The fourth-order valence-electron chi connectivity index (χ4n) is 12.2. The van der Waals surface area contributed by atoms with Gasteiger partial charge in [-0.15, -0.1) is 0 Å². The van der Waals surface area contributed by atoms with Gasteiger partial charge in [-0.2, -0.15) is 9.97 Å². The summed E-state index contributed by atoms with van der Waals surface area (Å²) in [4.78, 5) is 76.9. The summed E-state index contributed by atoms with van der Waals surface area (Å²) in [6.45, 7) is 14.0. The largest absolute Gasteiger partial charge is 0.400 e. The molecule has 29 heteroatoms. The second kappa shape index (κ2) is 29.5. The topological polar surface area (TPSA) is 319 Å². The van der Waals surface area contributed by atoms with Gasteiger partial charge in [0.25, 0.3) is 11.4 Å². The highest BCUT2D eigenvalue weighted by Gasteiger charge is 2.47. The van der Waals surface area contributed by atoms with E-state index in [2.05, 4.69) is 131 Å². The van der Waals surface area contributed by atoms with Gasteiger partial charge in [-0.3, -0.25) is 45.0 Å². The number of carbonyl (C=O) groups excluding carboxylic acids is 1. The first-order chi connectivity index (χ1) is 43.3. The number of aliphatic hydroxyl groups is 1. The van der Waals surface area contributed by atoms with E-state index in [1.54, 1.807) is 88.1 Å².